The van der Waals surface area contributed by atoms with Gasteiger partial charge in [0.15, 0.2) is 0 Å². The molecule has 23 heavy (non-hydrogen) atoms. The third-order valence-corrected chi connectivity index (χ3v) is 3.86. The standard InChI is InChI=1S/C23H26/c1-5-7-10-19(9-6-2)21-12-14-22(15-13-21)20-11-8-17-23(3,4)18-16-20/h5-18H,1-4H3/b7-5+,9-6-,19-10+. The molecule has 1 aromatic carbocycles. The lowest BCUT2D eigenvalue weighted by molar-refractivity contribution is 0.627. The summed E-state index contributed by atoms with van der Waals surface area (Å²) in [5.41, 5.74) is 5.08. The largest absolute Gasteiger partial charge is 0.0876 e. The lowest BCUT2D eigenvalue weighted by Crippen LogP contribution is -2.00. The molecule has 0 radical (unpaired) electrons. The Balaban J connectivity index is 2.29. The van der Waals surface area contributed by atoms with Gasteiger partial charge in [-0.05, 0) is 36.1 Å². The summed E-state index contributed by atoms with van der Waals surface area (Å²) in [4.78, 5) is 0. The highest BCUT2D eigenvalue weighted by Gasteiger charge is 2.11. The van der Waals surface area contributed by atoms with E-state index in [1.165, 1.54) is 22.3 Å². The van der Waals surface area contributed by atoms with Gasteiger partial charge in [0, 0.05) is 5.41 Å². The summed E-state index contributed by atoms with van der Waals surface area (Å²) in [5.74, 6) is 0. The molecule has 0 nitrogen and oxygen atoms in total. The van der Waals surface area contributed by atoms with Crippen molar-refractivity contribution >= 4 is 11.1 Å². The number of benzene rings is 1. The van der Waals surface area contributed by atoms with Crippen LogP contribution in [0.25, 0.3) is 11.1 Å². The van der Waals surface area contributed by atoms with E-state index in [2.05, 4.69) is 92.8 Å². The van der Waals surface area contributed by atoms with Crippen LogP contribution in [0.5, 0.6) is 0 Å². The van der Waals surface area contributed by atoms with Gasteiger partial charge < -0.3 is 0 Å². The van der Waals surface area contributed by atoms with Crippen LogP contribution >= 0.6 is 0 Å². The van der Waals surface area contributed by atoms with Gasteiger partial charge in [-0.25, -0.2) is 0 Å². The summed E-state index contributed by atoms with van der Waals surface area (Å²) in [6.07, 6.45) is 21.5. The Bertz CT molecular complexity index is 699. The first-order chi connectivity index (χ1) is 11.1. The van der Waals surface area contributed by atoms with Crippen LogP contribution in [0, 0.1) is 5.41 Å². The maximum absolute atomic E-state index is 2.26. The summed E-state index contributed by atoms with van der Waals surface area (Å²) < 4.78 is 0. The van der Waals surface area contributed by atoms with Crippen molar-refractivity contribution in [3.8, 4) is 0 Å². The summed E-state index contributed by atoms with van der Waals surface area (Å²) in [7, 11) is 0. The molecule has 0 fully saturated rings. The molecule has 1 aliphatic rings. The van der Waals surface area contributed by atoms with Crippen molar-refractivity contribution in [2.45, 2.75) is 27.7 Å². The minimum atomic E-state index is 0.118. The minimum absolute atomic E-state index is 0.118. The molecule has 0 amide bonds. The van der Waals surface area contributed by atoms with E-state index in [0.717, 1.165) is 0 Å². The predicted octanol–water partition coefficient (Wildman–Crippen LogP) is 6.76. The van der Waals surface area contributed by atoms with Crippen LogP contribution in [0.2, 0.25) is 0 Å². The zero-order valence-corrected chi connectivity index (χ0v) is 14.6. The minimum Gasteiger partial charge on any atom is -0.0876 e. The van der Waals surface area contributed by atoms with Crippen LogP contribution in [0.1, 0.15) is 38.8 Å². The molecule has 0 aromatic heterocycles. The highest BCUT2D eigenvalue weighted by atomic mass is 14.2. The Kier molecular flexibility index (Phi) is 5.76. The molecule has 118 valence electrons. The van der Waals surface area contributed by atoms with Gasteiger partial charge in [0.25, 0.3) is 0 Å². The smallest absolute Gasteiger partial charge is 0.00109 e. The zero-order chi connectivity index (χ0) is 16.7. The maximum atomic E-state index is 2.26. The van der Waals surface area contributed by atoms with Crippen LogP contribution in [0.3, 0.4) is 0 Å². The van der Waals surface area contributed by atoms with Crippen molar-refractivity contribution in [2.75, 3.05) is 0 Å². The molecule has 0 heterocycles. The molecule has 0 saturated carbocycles. The predicted molar refractivity (Wildman–Crippen MR) is 104 cm³/mol. The van der Waals surface area contributed by atoms with Crippen molar-refractivity contribution in [1.29, 1.82) is 0 Å². The van der Waals surface area contributed by atoms with E-state index < -0.39 is 0 Å². The Labute approximate surface area is 140 Å². The Hall–Kier alpha value is -2.34. The van der Waals surface area contributed by atoms with Crippen molar-refractivity contribution < 1.29 is 0 Å². The van der Waals surface area contributed by atoms with E-state index in [0.29, 0.717) is 0 Å². The molecule has 0 unspecified atom stereocenters. The first kappa shape index (κ1) is 17.0. The van der Waals surface area contributed by atoms with E-state index >= 15 is 0 Å². The van der Waals surface area contributed by atoms with Crippen molar-refractivity contribution in [2.24, 2.45) is 5.41 Å². The first-order valence-corrected chi connectivity index (χ1v) is 8.21. The van der Waals surface area contributed by atoms with E-state index in [1.54, 1.807) is 0 Å². The summed E-state index contributed by atoms with van der Waals surface area (Å²) >= 11 is 0. The third-order valence-electron chi connectivity index (χ3n) is 3.86. The van der Waals surface area contributed by atoms with Gasteiger partial charge in [0.05, 0.1) is 0 Å². The number of hydrogen-bond donors (Lipinski definition) is 0. The maximum Gasteiger partial charge on any atom is 0.00109 e. The van der Waals surface area contributed by atoms with Crippen molar-refractivity contribution in [3.05, 3.63) is 96.2 Å². The molecule has 0 spiro atoms. The highest BCUT2D eigenvalue weighted by Crippen LogP contribution is 2.27. The van der Waals surface area contributed by atoms with E-state index in [1.807, 2.05) is 19.9 Å². The van der Waals surface area contributed by atoms with Gasteiger partial charge in [-0.3, -0.25) is 0 Å². The van der Waals surface area contributed by atoms with Crippen molar-refractivity contribution in [1.82, 2.24) is 0 Å². The van der Waals surface area contributed by atoms with Gasteiger partial charge in [0.1, 0.15) is 0 Å². The van der Waals surface area contributed by atoms with Crippen LogP contribution < -0.4 is 0 Å². The number of hydrogen-bond acceptors (Lipinski definition) is 0. The number of rotatable bonds is 4. The molecule has 0 aliphatic heterocycles. The first-order valence-electron chi connectivity index (χ1n) is 8.21. The average molecular weight is 302 g/mol. The van der Waals surface area contributed by atoms with E-state index in [-0.39, 0.29) is 5.41 Å². The molecule has 0 atom stereocenters. The molecule has 1 aliphatic carbocycles. The highest BCUT2D eigenvalue weighted by molar-refractivity contribution is 5.79. The molecule has 0 saturated heterocycles. The van der Waals surface area contributed by atoms with Crippen molar-refractivity contribution in [3.63, 3.8) is 0 Å². The monoisotopic (exact) mass is 302 g/mol. The molecule has 0 N–H and O–H groups in total. The van der Waals surface area contributed by atoms with Crippen LogP contribution in [0.15, 0.2) is 85.0 Å². The average Bonchev–Trinajstić information content (AvgIpc) is 2.72. The molecular weight excluding hydrogens is 276 g/mol. The topological polar surface area (TPSA) is 0 Å². The molecule has 0 heteroatoms. The lowest BCUT2D eigenvalue weighted by atomic mass is 9.92. The van der Waals surface area contributed by atoms with E-state index in [9.17, 15) is 0 Å². The van der Waals surface area contributed by atoms with Crippen LogP contribution in [-0.4, -0.2) is 0 Å². The Morgan fingerprint density at radius 1 is 0.957 bits per heavy atom. The fourth-order valence-corrected chi connectivity index (χ4v) is 2.49. The third kappa shape index (κ3) is 4.82. The van der Waals surface area contributed by atoms with Gasteiger partial charge in [-0.15, -0.1) is 0 Å². The SMILES string of the molecule is C\C=C/C(=C\C=C\C)c1ccc(C2=CC=CC(C)(C)C=C2)cc1. The van der Waals surface area contributed by atoms with Gasteiger partial charge in [-0.1, -0.05) is 98.9 Å². The summed E-state index contributed by atoms with van der Waals surface area (Å²) in [5, 5.41) is 0. The zero-order valence-electron chi connectivity index (χ0n) is 14.6. The summed E-state index contributed by atoms with van der Waals surface area (Å²) in [6.45, 7) is 8.52. The lowest BCUT2D eigenvalue weighted by Gasteiger charge is -2.12. The normalized spacial score (nSPS) is 17.7. The quantitative estimate of drug-likeness (QED) is 0.539. The van der Waals surface area contributed by atoms with Gasteiger partial charge in [-0.2, -0.15) is 0 Å². The molecular formula is C23H26. The van der Waals surface area contributed by atoms with Gasteiger partial charge >= 0.3 is 0 Å². The van der Waals surface area contributed by atoms with E-state index in [4.69, 9.17) is 0 Å². The Morgan fingerprint density at radius 3 is 2.35 bits per heavy atom. The second-order valence-electron chi connectivity index (χ2n) is 6.36. The number of allylic oxidation sites excluding steroid dienone is 12. The van der Waals surface area contributed by atoms with Crippen LogP contribution in [0.4, 0.5) is 0 Å². The van der Waals surface area contributed by atoms with Crippen LogP contribution in [-0.2, 0) is 0 Å². The molecule has 1 aromatic rings. The molecule has 2 rings (SSSR count). The molecule has 0 bridgehead atoms. The Morgan fingerprint density at radius 2 is 1.70 bits per heavy atom. The van der Waals surface area contributed by atoms with Gasteiger partial charge in [0.2, 0.25) is 0 Å². The second-order valence-corrected chi connectivity index (χ2v) is 6.36. The second kappa shape index (κ2) is 7.78. The fraction of sp³-hybridized carbons (Fsp3) is 0.217. The summed E-state index contributed by atoms with van der Waals surface area (Å²) in [6, 6.07) is 8.79. The fourth-order valence-electron chi connectivity index (χ4n) is 2.49.